The van der Waals surface area contributed by atoms with E-state index in [9.17, 15) is 0 Å². The van der Waals surface area contributed by atoms with Crippen LogP contribution in [0.5, 0.6) is 0 Å². The first-order valence-electron chi connectivity index (χ1n) is 4.25. The maximum atomic E-state index is 4.38. The van der Waals surface area contributed by atoms with E-state index < -0.39 is 0 Å². The Morgan fingerprint density at radius 1 is 1.18 bits per heavy atom. The SMILES string of the molecule is CC(/C=C\C(C)C)=NC(C)C. The predicted octanol–water partition coefficient (Wildman–Crippen LogP) is 3.07. The number of rotatable bonds is 3. The zero-order valence-corrected chi connectivity index (χ0v) is 8.26. The highest BCUT2D eigenvalue weighted by atomic mass is 14.8. The molecule has 0 aliphatic heterocycles. The van der Waals surface area contributed by atoms with Gasteiger partial charge in [0.1, 0.15) is 0 Å². The second kappa shape index (κ2) is 5.11. The van der Waals surface area contributed by atoms with Crippen molar-refractivity contribution < 1.29 is 0 Å². The van der Waals surface area contributed by atoms with Gasteiger partial charge in [0, 0.05) is 11.8 Å². The summed E-state index contributed by atoms with van der Waals surface area (Å²) in [5.41, 5.74) is 1.12. The Balaban J connectivity index is 3.95. The maximum absolute atomic E-state index is 4.38. The summed E-state index contributed by atoms with van der Waals surface area (Å²) in [6.07, 6.45) is 4.26. The topological polar surface area (TPSA) is 12.4 Å². The molecule has 1 heteroatoms. The van der Waals surface area contributed by atoms with Gasteiger partial charge in [0.2, 0.25) is 0 Å². The van der Waals surface area contributed by atoms with Crippen LogP contribution in [0.15, 0.2) is 17.1 Å². The lowest BCUT2D eigenvalue weighted by Crippen LogP contribution is -1.95. The quantitative estimate of drug-likeness (QED) is 0.552. The smallest absolute Gasteiger partial charge is 0.0446 e. The third-order valence-electron chi connectivity index (χ3n) is 1.18. The van der Waals surface area contributed by atoms with Crippen molar-refractivity contribution >= 4 is 5.71 Å². The van der Waals surface area contributed by atoms with E-state index in [0.717, 1.165) is 5.71 Å². The first-order valence-corrected chi connectivity index (χ1v) is 4.25. The van der Waals surface area contributed by atoms with E-state index in [1.165, 1.54) is 0 Å². The number of hydrogen-bond acceptors (Lipinski definition) is 1. The molecule has 0 rings (SSSR count). The molecule has 0 aromatic rings. The summed E-state index contributed by atoms with van der Waals surface area (Å²) in [6.45, 7) is 10.6. The normalized spacial score (nSPS) is 13.9. The molecule has 0 aromatic heterocycles. The molecule has 0 aliphatic carbocycles. The monoisotopic (exact) mass is 153 g/mol. The predicted molar refractivity (Wildman–Crippen MR) is 52.2 cm³/mol. The van der Waals surface area contributed by atoms with Crippen molar-refractivity contribution in [3.8, 4) is 0 Å². The van der Waals surface area contributed by atoms with Gasteiger partial charge in [-0.05, 0) is 32.8 Å². The molecule has 64 valence electrons. The molecule has 0 radical (unpaired) electrons. The van der Waals surface area contributed by atoms with E-state index in [4.69, 9.17) is 0 Å². The highest BCUT2D eigenvalue weighted by Crippen LogP contribution is 1.95. The van der Waals surface area contributed by atoms with Gasteiger partial charge in [-0.15, -0.1) is 0 Å². The van der Waals surface area contributed by atoms with E-state index in [1.807, 2.05) is 6.92 Å². The zero-order valence-electron chi connectivity index (χ0n) is 8.26. The standard InChI is InChI=1S/C10H19N/c1-8(2)6-7-10(5)11-9(3)4/h6-9H,1-5H3/b7-6-,11-10?. The Hall–Kier alpha value is -0.590. The van der Waals surface area contributed by atoms with Gasteiger partial charge in [-0.1, -0.05) is 19.9 Å². The van der Waals surface area contributed by atoms with Crippen LogP contribution in [-0.4, -0.2) is 11.8 Å². The van der Waals surface area contributed by atoms with Crippen molar-refractivity contribution in [2.75, 3.05) is 0 Å². The molecule has 0 aliphatic rings. The Labute approximate surface area is 70.2 Å². The first-order chi connectivity index (χ1) is 5.02. The number of allylic oxidation sites excluding steroid dienone is 2. The van der Waals surface area contributed by atoms with E-state index in [2.05, 4.69) is 44.8 Å². The van der Waals surface area contributed by atoms with E-state index >= 15 is 0 Å². The molecular formula is C10H19N. The summed E-state index contributed by atoms with van der Waals surface area (Å²) in [6, 6.07) is 0.409. The van der Waals surface area contributed by atoms with Gasteiger partial charge < -0.3 is 0 Å². The number of hydrogen-bond donors (Lipinski definition) is 0. The van der Waals surface area contributed by atoms with Crippen molar-refractivity contribution in [3.63, 3.8) is 0 Å². The lowest BCUT2D eigenvalue weighted by atomic mass is 10.2. The van der Waals surface area contributed by atoms with Gasteiger partial charge in [-0.2, -0.15) is 0 Å². The first kappa shape index (κ1) is 10.4. The largest absolute Gasteiger partial charge is 0.287 e. The lowest BCUT2D eigenvalue weighted by Gasteiger charge is -1.98. The summed E-state index contributed by atoms with van der Waals surface area (Å²) in [7, 11) is 0. The molecule has 0 bridgehead atoms. The molecule has 0 heterocycles. The molecule has 0 saturated heterocycles. The van der Waals surface area contributed by atoms with Crippen molar-refractivity contribution in [1.29, 1.82) is 0 Å². The van der Waals surface area contributed by atoms with Crippen LogP contribution in [0.2, 0.25) is 0 Å². The number of nitrogens with zero attached hydrogens (tertiary/aromatic N) is 1. The fraction of sp³-hybridized carbons (Fsp3) is 0.700. The van der Waals surface area contributed by atoms with E-state index in [-0.39, 0.29) is 0 Å². The summed E-state index contributed by atoms with van der Waals surface area (Å²) >= 11 is 0. The van der Waals surface area contributed by atoms with Crippen LogP contribution >= 0.6 is 0 Å². The average molecular weight is 153 g/mol. The van der Waals surface area contributed by atoms with Gasteiger partial charge in [0.25, 0.3) is 0 Å². The van der Waals surface area contributed by atoms with Crippen LogP contribution in [0.25, 0.3) is 0 Å². The highest BCUT2D eigenvalue weighted by molar-refractivity contribution is 5.92. The molecule has 0 saturated carbocycles. The number of aliphatic imine (C=N–C) groups is 1. The molecular weight excluding hydrogens is 134 g/mol. The fourth-order valence-electron chi connectivity index (χ4n) is 0.782. The van der Waals surface area contributed by atoms with E-state index in [0.29, 0.717) is 12.0 Å². The minimum Gasteiger partial charge on any atom is -0.287 e. The molecule has 0 aromatic carbocycles. The lowest BCUT2D eigenvalue weighted by molar-refractivity contribution is 0.826. The van der Waals surface area contributed by atoms with Crippen LogP contribution in [0.3, 0.4) is 0 Å². The van der Waals surface area contributed by atoms with Gasteiger partial charge in [0.05, 0.1) is 0 Å². The third-order valence-corrected chi connectivity index (χ3v) is 1.18. The summed E-state index contributed by atoms with van der Waals surface area (Å²) in [5.74, 6) is 0.618. The zero-order chi connectivity index (χ0) is 8.85. The fourth-order valence-corrected chi connectivity index (χ4v) is 0.782. The molecule has 1 nitrogen and oxygen atoms in total. The van der Waals surface area contributed by atoms with Crippen molar-refractivity contribution in [1.82, 2.24) is 0 Å². The summed E-state index contributed by atoms with van der Waals surface area (Å²) < 4.78 is 0. The second-order valence-corrected chi connectivity index (χ2v) is 3.47. The Morgan fingerprint density at radius 2 is 1.73 bits per heavy atom. The summed E-state index contributed by atoms with van der Waals surface area (Å²) in [4.78, 5) is 4.38. The molecule has 0 atom stereocenters. The van der Waals surface area contributed by atoms with Crippen LogP contribution < -0.4 is 0 Å². The molecule has 0 N–H and O–H groups in total. The molecule has 11 heavy (non-hydrogen) atoms. The molecule has 0 fully saturated rings. The average Bonchev–Trinajstić information content (AvgIpc) is 1.82. The molecule has 0 unspecified atom stereocenters. The van der Waals surface area contributed by atoms with Gasteiger partial charge in [0.15, 0.2) is 0 Å². The van der Waals surface area contributed by atoms with Crippen LogP contribution in [-0.2, 0) is 0 Å². The minimum atomic E-state index is 0.409. The molecule has 0 amide bonds. The summed E-state index contributed by atoms with van der Waals surface area (Å²) in [5, 5.41) is 0. The third kappa shape index (κ3) is 7.31. The van der Waals surface area contributed by atoms with Gasteiger partial charge >= 0.3 is 0 Å². The van der Waals surface area contributed by atoms with Crippen LogP contribution in [0.4, 0.5) is 0 Å². The Bertz CT molecular complexity index is 152. The van der Waals surface area contributed by atoms with Crippen LogP contribution in [0, 0.1) is 5.92 Å². The van der Waals surface area contributed by atoms with Crippen molar-refractivity contribution in [3.05, 3.63) is 12.2 Å². The van der Waals surface area contributed by atoms with Gasteiger partial charge in [-0.3, -0.25) is 4.99 Å². The molecule has 0 spiro atoms. The van der Waals surface area contributed by atoms with E-state index in [1.54, 1.807) is 0 Å². The van der Waals surface area contributed by atoms with Crippen LogP contribution in [0.1, 0.15) is 34.6 Å². The van der Waals surface area contributed by atoms with Crippen molar-refractivity contribution in [2.45, 2.75) is 40.7 Å². The Morgan fingerprint density at radius 3 is 2.09 bits per heavy atom. The Kier molecular flexibility index (Phi) is 4.84. The van der Waals surface area contributed by atoms with Gasteiger partial charge in [-0.25, -0.2) is 0 Å². The highest BCUT2D eigenvalue weighted by Gasteiger charge is 1.88. The minimum absolute atomic E-state index is 0.409. The second-order valence-electron chi connectivity index (χ2n) is 3.47. The maximum Gasteiger partial charge on any atom is 0.0446 e. The van der Waals surface area contributed by atoms with Crippen molar-refractivity contribution in [2.24, 2.45) is 10.9 Å².